The van der Waals surface area contributed by atoms with E-state index in [-0.39, 0.29) is 17.0 Å². The topological polar surface area (TPSA) is 43.4 Å². The van der Waals surface area contributed by atoms with E-state index in [1.54, 1.807) is 12.1 Å². The SMILES string of the molecule is CC1(C)CC=C(S(=O)(=O)C(F)(F)F)c2cc(O[Si](C)(C)C(C)(C)C)ccc21. The average molecular weight is 421 g/mol. The molecule has 0 saturated carbocycles. The molecule has 8 heteroatoms. The Bertz CT molecular complexity index is 876. The van der Waals surface area contributed by atoms with Gasteiger partial charge < -0.3 is 4.43 Å². The minimum atomic E-state index is -5.44. The number of sulfone groups is 1. The van der Waals surface area contributed by atoms with Gasteiger partial charge in [0.1, 0.15) is 5.75 Å². The maximum Gasteiger partial charge on any atom is 0.501 e. The van der Waals surface area contributed by atoms with Crippen LogP contribution in [-0.2, 0) is 15.3 Å². The lowest BCUT2D eigenvalue weighted by Crippen LogP contribution is -2.43. The van der Waals surface area contributed by atoms with Crippen LogP contribution in [0.4, 0.5) is 13.2 Å². The van der Waals surface area contributed by atoms with Crippen molar-refractivity contribution in [2.24, 2.45) is 0 Å². The molecule has 0 aliphatic heterocycles. The number of hydrogen-bond acceptors (Lipinski definition) is 3. The molecule has 0 aromatic heterocycles. The lowest BCUT2D eigenvalue weighted by molar-refractivity contribution is -0.0420. The van der Waals surface area contributed by atoms with Crippen molar-refractivity contribution in [2.45, 2.75) is 70.1 Å². The number of benzene rings is 1. The molecule has 1 aromatic rings. The summed E-state index contributed by atoms with van der Waals surface area (Å²) >= 11 is 0. The Morgan fingerprint density at radius 3 is 2.15 bits per heavy atom. The number of allylic oxidation sites excluding steroid dienone is 1. The molecule has 0 radical (unpaired) electrons. The van der Waals surface area contributed by atoms with Crippen LogP contribution in [0.1, 0.15) is 52.2 Å². The van der Waals surface area contributed by atoms with Crippen LogP contribution in [0, 0.1) is 0 Å². The highest BCUT2D eigenvalue weighted by atomic mass is 32.2. The summed E-state index contributed by atoms with van der Waals surface area (Å²) in [5.41, 5.74) is -5.14. The van der Waals surface area contributed by atoms with Gasteiger partial charge in [-0.1, -0.05) is 46.8 Å². The Hall–Kier alpha value is -1.28. The Labute approximate surface area is 160 Å². The van der Waals surface area contributed by atoms with E-state index in [1.807, 2.05) is 26.9 Å². The van der Waals surface area contributed by atoms with E-state index < -0.39 is 34.0 Å². The van der Waals surface area contributed by atoms with Crippen molar-refractivity contribution in [2.75, 3.05) is 0 Å². The van der Waals surface area contributed by atoms with Crippen molar-refractivity contribution in [3.8, 4) is 5.75 Å². The summed E-state index contributed by atoms with van der Waals surface area (Å²) in [5, 5.41) is -0.0983. The standard InChI is InChI=1S/C19H27F3O3SSi/c1-17(2,3)27(6,7)25-13-8-9-15-14(12-13)16(10-11-18(15,4)5)26(23,24)19(20,21)22/h8-10,12H,11H2,1-7H3. The molecule has 3 nitrogen and oxygen atoms in total. The van der Waals surface area contributed by atoms with Crippen LogP contribution in [-0.4, -0.2) is 22.2 Å². The summed E-state index contributed by atoms with van der Waals surface area (Å²) in [6, 6.07) is 4.87. The third-order valence-corrected chi connectivity index (χ3v) is 11.5. The molecule has 0 atom stereocenters. The first kappa shape index (κ1) is 22.0. The molecule has 152 valence electrons. The molecule has 1 aliphatic rings. The highest BCUT2D eigenvalue weighted by Crippen LogP contribution is 2.46. The molecule has 0 fully saturated rings. The normalized spacial score (nSPS) is 17.9. The first-order valence-electron chi connectivity index (χ1n) is 8.76. The Balaban J connectivity index is 2.62. The number of fused-ring (bicyclic) bond motifs is 1. The van der Waals surface area contributed by atoms with E-state index in [9.17, 15) is 21.6 Å². The lowest BCUT2D eigenvalue weighted by Gasteiger charge is -2.37. The maximum atomic E-state index is 13.2. The second kappa shape index (κ2) is 6.37. The molecule has 1 aliphatic carbocycles. The summed E-state index contributed by atoms with van der Waals surface area (Å²) < 4.78 is 69.9. The van der Waals surface area contributed by atoms with Gasteiger partial charge >= 0.3 is 5.51 Å². The molecule has 0 bridgehead atoms. The predicted molar refractivity (Wildman–Crippen MR) is 105 cm³/mol. The van der Waals surface area contributed by atoms with Crippen LogP contribution in [0.15, 0.2) is 24.3 Å². The van der Waals surface area contributed by atoms with Gasteiger partial charge in [0.15, 0.2) is 0 Å². The second-order valence-electron chi connectivity index (χ2n) is 9.18. The number of alkyl halides is 3. The average Bonchev–Trinajstić information content (AvgIpc) is 2.43. The van der Waals surface area contributed by atoms with E-state index >= 15 is 0 Å². The van der Waals surface area contributed by atoms with E-state index in [0.29, 0.717) is 11.3 Å². The largest absolute Gasteiger partial charge is 0.543 e. The minimum Gasteiger partial charge on any atom is -0.543 e. The van der Waals surface area contributed by atoms with Crippen LogP contribution in [0.5, 0.6) is 5.75 Å². The molecule has 0 amide bonds. The van der Waals surface area contributed by atoms with Gasteiger partial charge in [0.2, 0.25) is 8.32 Å². The van der Waals surface area contributed by atoms with Gasteiger partial charge in [0, 0.05) is 5.56 Å². The van der Waals surface area contributed by atoms with E-state index in [0.717, 1.165) is 0 Å². The van der Waals surface area contributed by atoms with Gasteiger partial charge in [-0.25, -0.2) is 8.42 Å². The first-order valence-corrected chi connectivity index (χ1v) is 13.1. The third kappa shape index (κ3) is 3.97. The quantitative estimate of drug-likeness (QED) is 0.561. The van der Waals surface area contributed by atoms with E-state index in [1.165, 1.54) is 12.1 Å². The van der Waals surface area contributed by atoms with Gasteiger partial charge in [-0.2, -0.15) is 13.2 Å². The molecule has 0 spiro atoms. The summed E-state index contributed by atoms with van der Waals surface area (Å²) in [6.07, 6.45) is 1.40. The van der Waals surface area contributed by atoms with Gasteiger partial charge in [0.25, 0.3) is 9.84 Å². The number of halogens is 3. The summed E-state index contributed by atoms with van der Waals surface area (Å²) in [4.78, 5) is -0.676. The fourth-order valence-electron chi connectivity index (χ4n) is 2.78. The minimum absolute atomic E-state index is 0.0831. The van der Waals surface area contributed by atoms with Gasteiger partial charge in [-0.3, -0.25) is 0 Å². The molecule has 0 N–H and O–H groups in total. The summed E-state index contributed by atoms with van der Waals surface area (Å²) in [7, 11) is -7.66. The van der Waals surface area contributed by atoms with Crippen molar-refractivity contribution in [3.63, 3.8) is 0 Å². The zero-order valence-corrected chi connectivity index (χ0v) is 18.6. The van der Waals surface area contributed by atoms with Gasteiger partial charge in [-0.15, -0.1) is 0 Å². The summed E-state index contributed by atoms with van der Waals surface area (Å²) in [6.45, 7) is 14.0. The van der Waals surface area contributed by atoms with Crippen molar-refractivity contribution in [3.05, 3.63) is 35.4 Å². The third-order valence-electron chi connectivity index (χ3n) is 5.56. The fourth-order valence-corrected chi connectivity index (χ4v) is 4.81. The molecule has 27 heavy (non-hydrogen) atoms. The predicted octanol–water partition coefficient (Wildman–Crippen LogP) is 6.03. The Morgan fingerprint density at radius 1 is 1.11 bits per heavy atom. The fraction of sp³-hybridized carbons (Fsp3) is 0.579. The molecular formula is C19H27F3O3SSi. The van der Waals surface area contributed by atoms with Crippen LogP contribution in [0.3, 0.4) is 0 Å². The maximum absolute atomic E-state index is 13.2. The van der Waals surface area contributed by atoms with Gasteiger partial charge in [0.05, 0.1) is 4.91 Å². The van der Waals surface area contributed by atoms with Crippen LogP contribution in [0.2, 0.25) is 18.1 Å². The van der Waals surface area contributed by atoms with Crippen LogP contribution in [0.25, 0.3) is 4.91 Å². The highest BCUT2D eigenvalue weighted by Gasteiger charge is 2.50. The Morgan fingerprint density at radius 2 is 1.67 bits per heavy atom. The zero-order valence-electron chi connectivity index (χ0n) is 16.8. The van der Waals surface area contributed by atoms with Crippen LogP contribution < -0.4 is 4.43 Å². The molecule has 1 aromatic carbocycles. The monoisotopic (exact) mass is 420 g/mol. The van der Waals surface area contributed by atoms with Crippen molar-refractivity contribution in [1.29, 1.82) is 0 Å². The molecule has 0 saturated heterocycles. The molecular weight excluding hydrogens is 393 g/mol. The first-order chi connectivity index (χ1) is 11.9. The van der Waals surface area contributed by atoms with Crippen molar-refractivity contribution >= 4 is 23.1 Å². The van der Waals surface area contributed by atoms with Gasteiger partial charge in [-0.05, 0) is 47.7 Å². The zero-order chi connectivity index (χ0) is 21.1. The van der Waals surface area contributed by atoms with E-state index in [4.69, 9.17) is 4.43 Å². The highest BCUT2D eigenvalue weighted by molar-refractivity contribution is 8.01. The number of hydrogen-bond donors (Lipinski definition) is 0. The van der Waals surface area contributed by atoms with Crippen LogP contribution >= 0.6 is 0 Å². The second-order valence-corrected chi connectivity index (χ2v) is 15.8. The van der Waals surface area contributed by atoms with Crippen molar-refractivity contribution in [1.82, 2.24) is 0 Å². The summed E-state index contributed by atoms with van der Waals surface area (Å²) in [5.74, 6) is 0.404. The molecule has 0 heterocycles. The van der Waals surface area contributed by atoms with E-state index in [2.05, 4.69) is 20.8 Å². The lowest BCUT2D eigenvalue weighted by atomic mass is 9.76. The molecule has 2 rings (SSSR count). The smallest absolute Gasteiger partial charge is 0.501 e. The Kier molecular flexibility index (Phi) is 5.19. The molecule has 0 unspecified atom stereocenters. The number of rotatable bonds is 3. The van der Waals surface area contributed by atoms with Crippen molar-refractivity contribution < 1.29 is 26.0 Å².